The zero-order valence-corrected chi connectivity index (χ0v) is 6.11. The van der Waals surface area contributed by atoms with Crippen LogP contribution < -0.4 is 4.18 Å². The highest BCUT2D eigenvalue weighted by Crippen LogP contribution is 2.16. The summed E-state index contributed by atoms with van der Waals surface area (Å²) in [6.07, 6.45) is 0. The van der Waals surface area contributed by atoms with Crippen molar-refractivity contribution in [1.29, 1.82) is 0 Å². The van der Waals surface area contributed by atoms with E-state index < -0.39 is 17.3 Å². The highest BCUT2D eigenvalue weighted by atomic mass is 32.2. The number of para-hydroxylation sites is 1. The van der Waals surface area contributed by atoms with Crippen molar-refractivity contribution in [2.75, 3.05) is 0 Å². The first-order valence-electron chi connectivity index (χ1n) is 2.71. The molecule has 5 heteroatoms. The molecule has 0 aliphatic carbocycles. The topological polar surface area (TPSA) is 26.3 Å². The molecule has 0 heterocycles. The van der Waals surface area contributed by atoms with Gasteiger partial charge in [-0.25, -0.2) is 4.39 Å². The van der Waals surface area contributed by atoms with Gasteiger partial charge in [0, 0.05) is 0 Å². The van der Waals surface area contributed by atoms with Crippen molar-refractivity contribution >= 4 is 11.5 Å². The molecular formula is C6H4F2O2S. The van der Waals surface area contributed by atoms with E-state index in [9.17, 15) is 12.5 Å². The maximum atomic E-state index is 12.5. The van der Waals surface area contributed by atoms with Crippen LogP contribution in [-0.4, -0.2) is 4.21 Å². The van der Waals surface area contributed by atoms with Gasteiger partial charge in [-0.2, -0.15) is 4.21 Å². The van der Waals surface area contributed by atoms with E-state index in [2.05, 4.69) is 4.18 Å². The first kappa shape index (κ1) is 8.13. The van der Waals surface area contributed by atoms with Crippen LogP contribution >= 0.6 is 0 Å². The minimum absolute atomic E-state index is 0.353. The van der Waals surface area contributed by atoms with Gasteiger partial charge in [-0.05, 0) is 12.1 Å². The molecule has 0 aromatic heterocycles. The van der Waals surface area contributed by atoms with Crippen molar-refractivity contribution in [2.24, 2.45) is 0 Å². The highest BCUT2D eigenvalue weighted by molar-refractivity contribution is 7.75. The Hall–Kier alpha value is -0.970. The molecule has 0 N–H and O–H groups in total. The summed E-state index contributed by atoms with van der Waals surface area (Å²) in [5.41, 5.74) is 0. The van der Waals surface area contributed by atoms with E-state index in [1.807, 2.05) is 0 Å². The summed E-state index contributed by atoms with van der Waals surface area (Å²) >= 11 is -2.97. The quantitative estimate of drug-likeness (QED) is 0.645. The number of hydrogen-bond donors (Lipinski definition) is 0. The van der Waals surface area contributed by atoms with E-state index in [0.717, 1.165) is 6.07 Å². The SMILES string of the molecule is O=S(F)Oc1ccccc1F. The van der Waals surface area contributed by atoms with Gasteiger partial charge in [-0.1, -0.05) is 16.0 Å². The lowest BCUT2D eigenvalue weighted by atomic mass is 10.3. The Morgan fingerprint density at radius 2 is 2.00 bits per heavy atom. The Kier molecular flexibility index (Phi) is 2.53. The van der Waals surface area contributed by atoms with Crippen molar-refractivity contribution in [1.82, 2.24) is 0 Å². The van der Waals surface area contributed by atoms with Gasteiger partial charge in [-0.3, -0.25) is 0 Å². The van der Waals surface area contributed by atoms with Gasteiger partial charge in [0.25, 0.3) is 0 Å². The van der Waals surface area contributed by atoms with E-state index in [1.54, 1.807) is 0 Å². The molecule has 0 saturated carbocycles. The summed E-state index contributed by atoms with van der Waals surface area (Å²) in [4.78, 5) is 0. The molecule has 0 radical (unpaired) electrons. The molecule has 1 unspecified atom stereocenters. The summed E-state index contributed by atoms with van der Waals surface area (Å²) in [5, 5.41) is 0. The molecule has 0 aliphatic rings. The average Bonchev–Trinajstić information content (AvgIpc) is 1.93. The van der Waals surface area contributed by atoms with Gasteiger partial charge in [-0.15, -0.1) is 0 Å². The van der Waals surface area contributed by atoms with E-state index in [0.29, 0.717) is 0 Å². The van der Waals surface area contributed by atoms with Crippen LogP contribution in [-0.2, 0) is 11.5 Å². The Bertz CT molecular complexity index is 277. The summed E-state index contributed by atoms with van der Waals surface area (Å²) < 4.78 is 38.0. The monoisotopic (exact) mass is 178 g/mol. The predicted molar refractivity (Wildman–Crippen MR) is 36.3 cm³/mol. The molecule has 11 heavy (non-hydrogen) atoms. The maximum Gasteiger partial charge on any atom is 0.401 e. The van der Waals surface area contributed by atoms with Crippen LogP contribution in [0.3, 0.4) is 0 Å². The van der Waals surface area contributed by atoms with Crippen LogP contribution in [0.25, 0.3) is 0 Å². The highest BCUT2D eigenvalue weighted by Gasteiger charge is 2.04. The summed E-state index contributed by atoms with van der Waals surface area (Å²) in [7, 11) is 0. The van der Waals surface area contributed by atoms with Crippen LogP contribution in [0.15, 0.2) is 24.3 Å². The molecule has 0 amide bonds. The summed E-state index contributed by atoms with van der Waals surface area (Å²) in [6, 6.07) is 5.14. The van der Waals surface area contributed by atoms with Gasteiger partial charge >= 0.3 is 11.5 Å². The predicted octanol–water partition coefficient (Wildman–Crippen LogP) is 1.75. The lowest BCUT2D eigenvalue weighted by Crippen LogP contribution is -1.94. The Morgan fingerprint density at radius 1 is 1.36 bits per heavy atom. The molecular weight excluding hydrogens is 174 g/mol. The first-order valence-corrected chi connectivity index (χ1v) is 3.68. The third kappa shape index (κ3) is 2.27. The molecule has 0 saturated heterocycles. The van der Waals surface area contributed by atoms with Crippen molar-refractivity contribution in [3.05, 3.63) is 30.1 Å². The standard InChI is InChI=1S/C6H4F2O2S/c7-5-3-1-2-4-6(5)10-11(8)9/h1-4H. The lowest BCUT2D eigenvalue weighted by molar-refractivity contribution is 0.483. The fraction of sp³-hybridized carbons (Fsp3) is 0. The molecule has 0 aliphatic heterocycles. The molecule has 1 aromatic carbocycles. The molecule has 1 atom stereocenters. The Morgan fingerprint density at radius 3 is 2.55 bits per heavy atom. The number of rotatable bonds is 2. The average molecular weight is 178 g/mol. The largest absolute Gasteiger partial charge is 0.401 e. The van der Waals surface area contributed by atoms with E-state index in [-0.39, 0.29) is 5.75 Å². The first-order chi connectivity index (χ1) is 5.20. The molecule has 1 rings (SSSR count). The third-order valence-corrected chi connectivity index (χ3v) is 1.30. The van der Waals surface area contributed by atoms with Crippen molar-refractivity contribution in [3.8, 4) is 5.75 Å². The fourth-order valence-electron chi connectivity index (χ4n) is 0.583. The van der Waals surface area contributed by atoms with Gasteiger partial charge in [0.1, 0.15) is 0 Å². The van der Waals surface area contributed by atoms with Crippen LogP contribution in [0.2, 0.25) is 0 Å². The molecule has 60 valence electrons. The second-order valence-corrected chi connectivity index (χ2v) is 2.26. The summed E-state index contributed by atoms with van der Waals surface area (Å²) in [6.45, 7) is 0. The van der Waals surface area contributed by atoms with Crippen LogP contribution in [0.1, 0.15) is 0 Å². The van der Waals surface area contributed by atoms with Crippen LogP contribution in [0.4, 0.5) is 8.28 Å². The van der Waals surface area contributed by atoms with Crippen molar-refractivity contribution < 1.29 is 16.7 Å². The fourth-order valence-corrected chi connectivity index (χ4v) is 0.859. The molecule has 0 bridgehead atoms. The van der Waals surface area contributed by atoms with Crippen molar-refractivity contribution in [2.45, 2.75) is 0 Å². The van der Waals surface area contributed by atoms with Crippen LogP contribution in [0, 0.1) is 5.82 Å². The number of benzene rings is 1. The van der Waals surface area contributed by atoms with Gasteiger partial charge in [0.15, 0.2) is 11.6 Å². The van der Waals surface area contributed by atoms with Gasteiger partial charge in [0.05, 0.1) is 0 Å². The van der Waals surface area contributed by atoms with E-state index in [4.69, 9.17) is 0 Å². The third-order valence-electron chi connectivity index (χ3n) is 0.992. The van der Waals surface area contributed by atoms with Gasteiger partial charge in [0.2, 0.25) is 0 Å². The minimum Gasteiger partial charge on any atom is -0.374 e. The second-order valence-electron chi connectivity index (χ2n) is 1.71. The van der Waals surface area contributed by atoms with Gasteiger partial charge < -0.3 is 4.18 Å². The Balaban J connectivity index is 2.86. The normalized spacial score (nSPS) is 12.5. The zero-order valence-electron chi connectivity index (χ0n) is 5.29. The molecule has 0 fully saturated rings. The van der Waals surface area contributed by atoms with E-state index in [1.165, 1.54) is 18.2 Å². The number of halogens is 2. The van der Waals surface area contributed by atoms with Crippen molar-refractivity contribution in [3.63, 3.8) is 0 Å². The lowest BCUT2D eigenvalue weighted by Gasteiger charge is -1.97. The summed E-state index contributed by atoms with van der Waals surface area (Å²) in [5.74, 6) is -1.09. The minimum atomic E-state index is -2.97. The zero-order chi connectivity index (χ0) is 8.27. The Labute approximate surface area is 64.8 Å². The molecule has 0 spiro atoms. The second kappa shape index (κ2) is 3.43. The van der Waals surface area contributed by atoms with Crippen LogP contribution in [0.5, 0.6) is 5.75 Å². The van der Waals surface area contributed by atoms with E-state index >= 15 is 0 Å². The molecule has 1 aromatic rings. The number of hydrogen-bond acceptors (Lipinski definition) is 2. The maximum absolute atomic E-state index is 12.5. The molecule has 2 nitrogen and oxygen atoms in total. The smallest absolute Gasteiger partial charge is 0.374 e.